The number of unbranched alkanes of at least 4 members (excludes halogenated alkanes) is 10. The summed E-state index contributed by atoms with van der Waals surface area (Å²) in [5.74, 6) is -0.580. The van der Waals surface area contributed by atoms with Gasteiger partial charge in [-0.3, -0.25) is 9.59 Å². The Balaban J connectivity index is 3.41. The Kier molecular flexibility index (Phi) is 21.7. The Hall–Kier alpha value is -1.97. The summed E-state index contributed by atoms with van der Waals surface area (Å²) in [6.45, 7) is 2.70. The number of allylic oxidation sites excluding steroid dienone is 2. The maximum atomic E-state index is 11.9. The molecule has 0 rings (SSSR count). The molecule has 0 aromatic heterocycles. The number of carbonyl (C=O) groups is 3. The molecule has 0 fully saturated rings. The molecule has 9 heteroatoms. The van der Waals surface area contributed by atoms with Crippen LogP contribution in [0, 0.1) is 0 Å². The fourth-order valence-electron chi connectivity index (χ4n) is 4.44. The first-order valence-electron chi connectivity index (χ1n) is 15.2. The third-order valence-corrected chi connectivity index (χ3v) is 6.75. The Morgan fingerprint density at radius 1 is 0.615 bits per heavy atom. The van der Waals surface area contributed by atoms with E-state index in [4.69, 9.17) is 5.11 Å². The second-order valence-electron chi connectivity index (χ2n) is 12.0. The molecule has 0 atom stereocenters. The molecule has 0 spiro atoms. The van der Waals surface area contributed by atoms with E-state index < -0.39 is 5.97 Å². The molecule has 0 aliphatic carbocycles. The number of quaternary nitrogens is 2. The van der Waals surface area contributed by atoms with Crippen molar-refractivity contribution in [1.82, 2.24) is 10.6 Å². The second-order valence-corrected chi connectivity index (χ2v) is 12.0. The third-order valence-electron chi connectivity index (χ3n) is 6.75. The number of rotatable bonds is 26. The minimum atomic E-state index is -0.797. The Labute approximate surface area is 238 Å². The number of aliphatic carboxylic acids is 1. The van der Waals surface area contributed by atoms with Gasteiger partial charge >= 0.3 is 5.97 Å². The summed E-state index contributed by atoms with van der Waals surface area (Å²) in [5.41, 5.74) is 0. The van der Waals surface area contributed by atoms with Crippen LogP contribution in [0.4, 0.5) is 0 Å². The van der Waals surface area contributed by atoms with E-state index in [2.05, 4.69) is 22.8 Å². The predicted octanol–water partition coefficient (Wildman–Crippen LogP) is 4.64. The van der Waals surface area contributed by atoms with Crippen molar-refractivity contribution in [3.8, 4) is 0 Å². The number of carboxylic acids is 1. The highest BCUT2D eigenvalue weighted by atomic mass is 16.5. The van der Waals surface area contributed by atoms with Crippen molar-refractivity contribution in [2.75, 3.05) is 60.9 Å². The molecule has 0 heterocycles. The number of nitrogens with zero attached hydrogens (tertiary/aromatic N) is 2. The van der Waals surface area contributed by atoms with Crippen molar-refractivity contribution in [3.63, 3.8) is 0 Å². The molecule has 9 nitrogen and oxygen atoms in total. The number of carbonyl (C=O) groups excluding carboxylic acids is 2. The second kappa shape index (κ2) is 22.8. The van der Waals surface area contributed by atoms with E-state index in [1.54, 1.807) is 14.1 Å². The zero-order valence-electron chi connectivity index (χ0n) is 25.5. The topological polar surface area (TPSA) is 116 Å². The maximum absolute atomic E-state index is 11.9. The Morgan fingerprint density at radius 3 is 1.46 bits per heavy atom. The van der Waals surface area contributed by atoms with E-state index >= 15 is 0 Å². The Bertz CT molecular complexity index is 689. The summed E-state index contributed by atoms with van der Waals surface area (Å²) >= 11 is 0. The number of likely N-dealkylation sites (N-methyl/N-ethyl adjacent to an activating group) is 1. The molecule has 0 aliphatic rings. The minimum absolute atomic E-state index is 0.0600. The van der Waals surface area contributed by atoms with Gasteiger partial charge in [0, 0.05) is 38.8 Å². The largest absolute Gasteiger partial charge is 0.477 e. The molecule has 228 valence electrons. The van der Waals surface area contributed by atoms with Gasteiger partial charge in [-0.15, -0.1) is 0 Å². The maximum Gasteiger partial charge on any atom is 0.359 e. The van der Waals surface area contributed by atoms with Gasteiger partial charge in [-0.05, 0) is 38.5 Å². The normalized spacial score (nSPS) is 12.1. The SMILES string of the molecule is C[N+](C)(O)CCCNC(=O)CCCCCCC/C=C/CCCCCCCC(=O)NCCC[N+](C)(C)CC(=O)O. The summed E-state index contributed by atoms with van der Waals surface area (Å²) in [6, 6.07) is 0. The zero-order chi connectivity index (χ0) is 29.4. The highest BCUT2D eigenvalue weighted by molar-refractivity contribution is 5.76. The van der Waals surface area contributed by atoms with E-state index in [0.717, 1.165) is 57.9 Å². The molecule has 0 saturated carbocycles. The summed E-state index contributed by atoms with van der Waals surface area (Å²) in [5, 5.41) is 24.4. The van der Waals surface area contributed by atoms with Gasteiger partial charge in [-0.1, -0.05) is 50.7 Å². The van der Waals surface area contributed by atoms with Crippen molar-refractivity contribution in [2.45, 2.75) is 103 Å². The summed E-state index contributed by atoms with van der Waals surface area (Å²) < 4.78 is 0.367. The fraction of sp³-hybridized carbons (Fsp3) is 0.833. The molecule has 0 aliphatic heterocycles. The molecular weight excluding hydrogens is 496 g/mol. The first-order valence-corrected chi connectivity index (χ1v) is 15.2. The molecule has 0 saturated heterocycles. The van der Waals surface area contributed by atoms with E-state index in [1.807, 2.05) is 14.1 Å². The summed E-state index contributed by atoms with van der Waals surface area (Å²) in [7, 11) is 7.25. The van der Waals surface area contributed by atoms with Crippen LogP contribution in [-0.4, -0.2) is 98.1 Å². The summed E-state index contributed by atoms with van der Waals surface area (Å²) in [6.07, 6.45) is 20.8. The number of hydroxylamine groups is 3. The molecule has 2 amide bonds. The summed E-state index contributed by atoms with van der Waals surface area (Å²) in [4.78, 5) is 34.6. The van der Waals surface area contributed by atoms with E-state index in [9.17, 15) is 19.6 Å². The molecule has 0 bridgehead atoms. The fourth-order valence-corrected chi connectivity index (χ4v) is 4.44. The first-order chi connectivity index (χ1) is 18.4. The quantitative estimate of drug-likeness (QED) is 0.0536. The van der Waals surface area contributed by atoms with E-state index in [-0.39, 0.29) is 23.0 Å². The van der Waals surface area contributed by atoms with Gasteiger partial charge in [0.1, 0.15) is 6.54 Å². The van der Waals surface area contributed by atoms with Crippen LogP contribution < -0.4 is 10.6 Å². The molecule has 4 N–H and O–H groups in total. The molecule has 0 radical (unpaired) electrons. The van der Waals surface area contributed by atoms with Crippen LogP contribution in [0.3, 0.4) is 0 Å². The van der Waals surface area contributed by atoms with Gasteiger partial charge in [0.2, 0.25) is 11.8 Å². The van der Waals surface area contributed by atoms with Gasteiger partial charge in [-0.2, -0.15) is 4.65 Å². The van der Waals surface area contributed by atoms with Crippen LogP contribution in [0.25, 0.3) is 0 Å². The number of carboxylic acid groups (broad SMARTS) is 1. The van der Waals surface area contributed by atoms with Gasteiger partial charge in [0.05, 0.1) is 34.7 Å². The van der Waals surface area contributed by atoms with Crippen LogP contribution in [0.2, 0.25) is 0 Å². The lowest BCUT2D eigenvalue weighted by molar-refractivity contribution is -1.07. The van der Waals surface area contributed by atoms with Crippen LogP contribution in [0.5, 0.6) is 0 Å². The van der Waals surface area contributed by atoms with Gasteiger partial charge in [0.25, 0.3) is 0 Å². The zero-order valence-corrected chi connectivity index (χ0v) is 25.5. The average molecular weight is 557 g/mol. The molecule has 0 aromatic rings. The third kappa shape index (κ3) is 28.8. The molecule has 0 unspecified atom stereocenters. The number of hydrogen-bond acceptors (Lipinski definition) is 4. The minimum Gasteiger partial charge on any atom is -0.477 e. The predicted molar refractivity (Wildman–Crippen MR) is 157 cm³/mol. The van der Waals surface area contributed by atoms with E-state index in [1.165, 1.54) is 38.5 Å². The number of nitrogens with one attached hydrogen (secondary N) is 2. The van der Waals surface area contributed by atoms with Gasteiger partial charge in [-0.25, -0.2) is 10.0 Å². The van der Waals surface area contributed by atoms with Crippen molar-refractivity contribution >= 4 is 17.8 Å². The van der Waals surface area contributed by atoms with Crippen molar-refractivity contribution in [3.05, 3.63) is 12.2 Å². The monoisotopic (exact) mass is 556 g/mol. The first kappa shape index (κ1) is 37.0. The smallest absolute Gasteiger partial charge is 0.359 e. The lowest BCUT2D eigenvalue weighted by atomic mass is 10.1. The van der Waals surface area contributed by atoms with Gasteiger partial charge in [0.15, 0.2) is 6.54 Å². The van der Waals surface area contributed by atoms with Crippen molar-refractivity contribution in [1.29, 1.82) is 0 Å². The number of hydrogen-bond donors (Lipinski definition) is 4. The van der Waals surface area contributed by atoms with Crippen molar-refractivity contribution < 1.29 is 33.8 Å². The van der Waals surface area contributed by atoms with Crippen LogP contribution in [0.1, 0.15) is 103 Å². The van der Waals surface area contributed by atoms with Crippen LogP contribution in [0.15, 0.2) is 12.2 Å². The lowest BCUT2D eigenvalue weighted by Crippen LogP contribution is -2.45. The lowest BCUT2D eigenvalue weighted by Gasteiger charge is -2.27. The molecule has 39 heavy (non-hydrogen) atoms. The number of amides is 2. The van der Waals surface area contributed by atoms with Crippen LogP contribution in [-0.2, 0) is 14.4 Å². The Morgan fingerprint density at radius 2 is 1.03 bits per heavy atom. The van der Waals surface area contributed by atoms with Crippen LogP contribution >= 0.6 is 0 Å². The molecule has 0 aromatic carbocycles. The highest BCUT2D eigenvalue weighted by Crippen LogP contribution is 2.10. The molecular formula is C30H60N4O5+2. The van der Waals surface area contributed by atoms with Crippen molar-refractivity contribution in [2.24, 2.45) is 0 Å². The standard InChI is InChI=1S/C30H58N4O5/c1-33(2,27-30(37)38)25-19-23-31-28(35)21-17-15-13-11-9-7-5-6-8-10-12-14-16-18-22-29(36)32-24-20-26-34(3,4)39/h5-6,39H,7-27H2,1-4H3,(H-2,31,32,35,36,37,38)/p+2/b6-5+. The average Bonchev–Trinajstić information content (AvgIpc) is 2.83. The van der Waals surface area contributed by atoms with E-state index in [0.29, 0.717) is 37.0 Å². The van der Waals surface area contributed by atoms with Gasteiger partial charge < -0.3 is 20.2 Å². The highest BCUT2D eigenvalue weighted by Gasteiger charge is 2.18.